The fraction of sp³-hybridized carbons (Fsp3) is 0.600. The Hall–Kier alpha value is -0.820. The maximum absolute atomic E-state index is 8.67. The predicted molar refractivity (Wildman–Crippen MR) is 78.7 cm³/mol. The molecule has 18 heavy (non-hydrogen) atoms. The lowest BCUT2D eigenvalue weighted by molar-refractivity contribution is 0.305. The van der Waals surface area contributed by atoms with Crippen LogP contribution >= 0.6 is 11.3 Å². The van der Waals surface area contributed by atoms with Gasteiger partial charge < -0.3 is 10.0 Å². The van der Waals surface area contributed by atoms with Gasteiger partial charge in [-0.3, -0.25) is 0 Å². The summed E-state index contributed by atoms with van der Waals surface area (Å²) in [5.74, 6) is 6.79. The molecule has 0 saturated carbocycles. The topological polar surface area (TPSA) is 23.5 Å². The van der Waals surface area contributed by atoms with E-state index in [2.05, 4.69) is 49.8 Å². The Labute approximate surface area is 115 Å². The largest absolute Gasteiger partial charge is 0.395 e. The molecule has 100 valence electrons. The van der Waals surface area contributed by atoms with E-state index in [0.717, 1.165) is 23.9 Å². The van der Waals surface area contributed by atoms with E-state index in [1.54, 1.807) is 11.3 Å². The lowest BCUT2D eigenvalue weighted by atomic mass is 10.1. The van der Waals surface area contributed by atoms with Crippen molar-refractivity contribution < 1.29 is 5.11 Å². The van der Waals surface area contributed by atoms with Crippen LogP contribution in [0.25, 0.3) is 0 Å². The van der Waals surface area contributed by atoms with Gasteiger partial charge in [-0.2, -0.15) is 0 Å². The molecule has 3 heteroatoms. The fourth-order valence-corrected chi connectivity index (χ4v) is 2.52. The first kappa shape index (κ1) is 15.2. The van der Waals surface area contributed by atoms with Crippen molar-refractivity contribution in [2.75, 3.05) is 20.2 Å². The van der Waals surface area contributed by atoms with E-state index in [1.807, 2.05) is 0 Å². The standard InChI is InChI=1S/C15H23NOS/c1-13(2)9-10-16(3)12-15-8-7-14(18-15)6-4-5-11-17/h7-8,13,17H,5,9-12H2,1-3H3. The summed E-state index contributed by atoms with van der Waals surface area (Å²) in [4.78, 5) is 4.81. The molecular weight excluding hydrogens is 242 g/mol. The third-order valence-electron chi connectivity index (χ3n) is 2.62. The summed E-state index contributed by atoms with van der Waals surface area (Å²) in [6, 6.07) is 4.22. The van der Waals surface area contributed by atoms with E-state index >= 15 is 0 Å². The highest BCUT2D eigenvalue weighted by atomic mass is 32.1. The number of thiophene rings is 1. The molecule has 0 aliphatic carbocycles. The average Bonchev–Trinajstić information content (AvgIpc) is 2.74. The maximum atomic E-state index is 8.67. The minimum Gasteiger partial charge on any atom is -0.395 e. The SMILES string of the molecule is CC(C)CCN(C)Cc1ccc(C#CCCO)s1. The van der Waals surface area contributed by atoms with Crippen LogP contribution in [-0.4, -0.2) is 30.2 Å². The molecule has 1 rings (SSSR count). The van der Waals surface area contributed by atoms with Gasteiger partial charge in [0.05, 0.1) is 11.5 Å². The van der Waals surface area contributed by atoms with E-state index < -0.39 is 0 Å². The molecule has 1 N–H and O–H groups in total. The molecule has 2 nitrogen and oxygen atoms in total. The summed E-state index contributed by atoms with van der Waals surface area (Å²) in [5, 5.41) is 8.67. The first-order valence-corrected chi connectivity index (χ1v) is 7.30. The van der Waals surface area contributed by atoms with Gasteiger partial charge in [-0.1, -0.05) is 25.7 Å². The van der Waals surface area contributed by atoms with E-state index in [1.165, 1.54) is 11.3 Å². The van der Waals surface area contributed by atoms with Crippen molar-refractivity contribution in [3.63, 3.8) is 0 Å². The summed E-state index contributed by atoms with van der Waals surface area (Å²) in [6.07, 6.45) is 1.80. The smallest absolute Gasteiger partial charge is 0.0771 e. The number of hydrogen-bond donors (Lipinski definition) is 1. The molecule has 0 saturated heterocycles. The molecule has 0 atom stereocenters. The zero-order chi connectivity index (χ0) is 13.4. The highest BCUT2D eigenvalue weighted by Gasteiger charge is 2.04. The van der Waals surface area contributed by atoms with Crippen LogP contribution in [0.2, 0.25) is 0 Å². The minimum atomic E-state index is 0.142. The summed E-state index contributed by atoms with van der Waals surface area (Å²) in [7, 11) is 2.17. The quantitative estimate of drug-likeness (QED) is 0.799. The third-order valence-corrected chi connectivity index (χ3v) is 3.61. The fourth-order valence-electron chi connectivity index (χ4n) is 1.56. The molecule has 0 aliphatic heterocycles. The van der Waals surface area contributed by atoms with Crippen molar-refractivity contribution in [2.45, 2.75) is 33.2 Å². The number of rotatable bonds is 6. The van der Waals surface area contributed by atoms with Crippen molar-refractivity contribution >= 4 is 11.3 Å². The maximum Gasteiger partial charge on any atom is 0.0771 e. The van der Waals surface area contributed by atoms with Crippen molar-refractivity contribution in [3.05, 3.63) is 21.9 Å². The Balaban J connectivity index is 2.41. The van der Waals surface area contributed by atoms with Gasteiger partial charge in [-0.15, -0.1) is 11.3 Å². The Kier molecular flexibility index (Phi) is 7.04. The number of aliphatic hydroxyl groups is 1. The van der Waals surface area contributed by atoms with E-state index in [4.69, 9.17) is 5.11 Å². The average molecular weight is 265 g/mol. The molecule has 0 radical (unpaired) electrons. The zero-order valence-corrected chi connectivity index (χ0v) is 12.4. The van der Waals surface area contributed by atoms with Crippen LogP contribution in [0.4, 0.5) is 0 Å². The van der Waals surface area contributed by atoms with Gasteiger partial charge in [0, 0.05) is 17.8 Å². The van der Waals surface area contributed by atoms with Crippen LogP contribution < -0.4 is 0 Å². The molecule has 0 bridgehead atoms. The third kappa shape index (κ3) is 6.20. The molecular formula is C15H23NOS. The Bertz CT molecular complexity index is 400. The molecule has 0 spiro atoms. The molecule has 0 aliphatic rings. The lowest BCUT2D eigenvalue weighted by Crippen LogP contribution is -2.19. The summed E-state index contributed by atoms with van der Waals surface area (Å²) >= 11 is 1.75. The normalized spacial score (nSPS) is 10.8. The number of nitrogens with zero attached hydrogens (tertiary/aromatic N) is 1. The molecule has 0 unspecified atom stereocenters. The van der Waals surface area contributed by atoms with Gasteiger partial charge in [0.2, 0.25) is 0 Å². The zero-order valence-electron chi connectivity index (χ0n) is 11.6. The minimum absolute atomic E-state index is 0.142. The predicted octanol–water partition coefficient (Wildman–Crippen LogP) is 2.96. The summed E-state index contributed by atoms with van der Waals surface area (Å²) < 4.78 is 0. The van der Waals surface area contributed by atoms with E-state index in [-0.39, 0.29) is 6.61 Å². The Morgan fingerprint density at radius 3 is 2.83 bits per heavy atom. The highest BCUT2D eigenvalue weighted by molar-refractivity contribution is 7.12. The Morgan fingerprint density at radius 2 is 2.17 bits per heavy atom. The van der Waals surface area contributed by atoms with Gasteiger partial charge >= 0.3 is 0 Å². The molecule has 1 aromatic rings. The molecule has 1 aromatic heterocycles. The van der Waals surface area contributed by atoms with Crippen LogP contribution in [-0.2, 0) is 6.54 Å². The van der Waals surface area contributed by atoms with Crippen molar-refractivity contribution in [1.82, 2.24) is 4.90 Å². The van der Waals surface area contributed by atoms with Crippen LogP contribution in [0.3, 0.4) is 0 Å². The monoisotopic (exact) mass is 265 g/mol. The first-order valence-electron chi connectivity index (χ1n) is 6.48. The van der Waals surface area contributed by atoms with Gasteiger partial charge in [-0.25, -0.2) is 0 Å². The summed E-state index contributed by atoms with van der Waals surface area (Å²) in [6.45, 7) is 6.80. The molecule has 1 heterocycles. The van der Waals surface area contributed by atoms with E-state index in [9.17, 15) is 0 Å². The van der Waals surface area contributed by atoms with Crippen LogP contribution in [0.5, 0.6) is 0 Å². The highest BCUT2D eigenvalue weighted by Crippen LogP contribution is 2.17. The van der Waals surface area contributed by atoms with E-state index in [0.29, 0.717) is 6.42 Å². The van der Waals surface area contributed by atoms with Gasteiger partial charge in [0.15, 0.2) is 0 Å². The van der Waals surface area contributed by atoms with Gasteiger partial charge in [0.25, 0.3) is 0 Å². The molecule has 0 aromatic carbocycles. The number of aliphatic hydroxyl groups excluding tert-OH is 1. The van der Waals surface area contributed by atoms with Crippen LogP contribution in [0.1, 0.15) is 36.4 Å². The Morgan fingerprint density at radius 1 is 1.39 bits per heavy atom. The molecule has 0 amide bonds. The van der Waals surface area contributed by atoms with Gasteiger partial charge in [-0.05, 0) is 38.1 Å². The lowest BCUT2D eigenvalue weighted by Gasteiger charge is -2.16. The first-order chi connectivity index (χ1) is 8.61. The number of hydrogen-bond acceptors (Lipinski definition) is 3. The second kappa shape index (κ2) is 8.31. The molecule has 0 fully saturated rings. The van der Waals surface area contributed by atoms with Gasteiger partial charge in [0.1, 0.15) is 0 Å². The van der Waals surface area contributed by atoms with Crippen LogP contribution in [0, 0.1) is 17.8 Å². The second-order valence-corrected chi connectivity index (χ2v) is 6.13. The van der Waals surface area contributed by atoms with Crippen molar-refractivity contribution in [2.24, 2.45) is 5.92 Å². The van der Waals surface area contributed by atoms with Crippen molar-refractivity contribution in [1.29, 1.82) is 0 Å². The van der Waals surface area contributed by atoms with Crippen LogP contribution in [0.15, 0.2) is 12.1 Å². The second-order valence-electron chi connectivity index (χ2n) is 4.96. The van der Waals surface area contributed by atoms with Crippen molar-refractivity contribution in [3.8, 4) is 11.8 Å². The summed E-state index contributed by atoms with van der Waals surface area (Å²) in [5.41, 5.74) is 0.